The monoisotopic (exact) mass is 303 g/mol. The fraction of sp³-hybridized carbons (Fsp3) is 0.364. The highest BCUT2D eigenvalue weighted by Gasteiger charge is 2.32. The van der Waals surface area contributed by atoms with Crippen molar-refractivity contribution in [2.45, 2.75) is 26.1 Å². The quantitative estimate of drug-likeness (QED) is 0.908. The van der Waals surface area contributed by atoms with E-state index in [1.165, 1.54) is 18.2 Å². The maximum Gasteiger partial charge on any atom is 0.416 e. The molecule has 0 heterocycles. The van der Waals surface area contributed by atoms with Gasteiger partial charge in [0.05, 0.1) is 5.56 Å². The molecule has 104 valence electrons. The number of carbonyl (C=O) groups excluding carboxylic acids is 1. The Kier molecular flexibility index (Phi) is 8.85. The summed E-state index contributed by atoms with van der Waals surface area (Å²) in [6.45, 7) is 1.55. The van der Waals surface area contributed by atoms with Crippen LogP contribution >= 0.6 is 24.8 Å². The van der Waals surface area contributed by atoms with E-state index < -0.39 is 11.7 Å². The van der Waals surface area contributed by atoms with Gasteiger partial charge in [0.2, 0.25) is 5.91 Å². The van der Waals surface area contributed by atoms with Crippen molar-refractivity contribution in [3.05, 3.63) is 35.4 Å². The van der Waals surface area contributed by atoms with Crippen LogP contribution in [0, 0.1) is 0 Å². The first-order chi connectivity index (χ1) is 7.45. The van der Waals surface area contributed by atoms with Crippen LogP contribution in [-0.4, -0.2) is 5.91 Å². The highest BCUT2D eigenvalue weighted by Crippen LogP contribution is 2.31. The fourth-order valence-electron chi connectivity index (χ4n) is 1.27. The van der Waals surface area contributed by atoms with Crippen molar-refractivity contribution in [1.29, 1.82) is 0 Å². The molecule has 0 radical (unpaired) electrons. The van der Waals surface area contributed by atoms with Crippen LogP contribution < -0.4 is 5.32 Å². The smallest absolute Gasteiger partial charge is 0.352 e. The Morgan fingerprint density at radius 2 is 1.78 bits per heavy atom. The molecule has 1 aromatic rings. The van der Waals surface area contributed by atoms with Crippen LogP contribution in [0.2, 0.25) is 0 Å². The number of rotatable bonds is 3. The lowest BCUT2D eigenvalue weighted by Crippen LogP contribution is -2.23. The van der Waals surface area contributed by atoms with Crippen molar-refractivity contribution < 1.29 is 18.0 Å². The van der Waals surface area contributed by atoms with Gasteiger partial charge in [0, 0.05) is 13.0 Å². The molecule has 2 nitrogen and oxygen atoms in total. The number of carbonyl (C=O) groups is 1. The van der Waals surface area contributed by atoms with Crippen molar-refractivity contribution in [1.82, 2.24) is 5.32 Å². The minimum Gasteiger partial charge on any atom is -0.352 e. The molecular weight excluding hydrogens is 290 g/mol. The summed E-state index contributed by atoms with van der Waals surface area (Å²) in [5, 5.41) is 2.42. The Bertz CT molecular complexity index is 383. The van der Waals surface area contributed by atoms with Gasteiger partial charge in [-0.05, 0) is 11.6 Å². The van der Waals surface area contributed by atoms with Crippen LogP contribution in [0.4, 0.5) is 13.2 Å². The van der Waals surface area contributed by atoms with E-state index in [1.807, 2.05) is 0 Å². The molecule has 7 heteroatoms. The van der Waals surface area contributed by atoms with E-state index in [4.69, 9.17) is 0 Å². The Hall–Kier alpha value is -0.940. The summed E-state index contributed by atoms with van der Waals surface area (Å²) in [5.41, 5.74) is -0.622. The summed E-state index contributed by atoms with van der Waals surface area (Å²) in [6.07, 6.45) is -4.12. The minimum atomic E-state index is -4.38. The SMILES string of the molecule is CCC(=O)NCc1ccccc1C(F)(F)F.Cl.Cl. The number of hydrogen-bond acceptors (Lipinski definition) is 1. The molecule has 0 aliphatic heterocycles. The largest absolute Gasteiger partial charge is 0.416 e. The lowest BCUT2D eigenvalue weighted by Gasteiger charge is -2.12. The van der Waals surface area contributed by atoms with Gasteiger partial charge in [-0.15, -0.1) is 24.8 Å². The number of benzene rings is 1. The standard InChI is InChI=1S/C11H12F3NO.2ClH/c1-2-10(16)15-7-8-5-3-4-6-9(8)11(12,13)14;;/h3-6H,2,7H2,1H3,(H,15,16);2*1H. The van der Waals surface area contributed by atoms with Gasteiger partial charge in [-0.25, -0.2) is 0 Å². The molecule has 0 atom stereocenters. The predicted octanol–water partition coefficient (Wildman–Crippen LogP) is 3.58. The van der Waals surface area contributed by atoms with E-state index in [-0.39, 0.29) is 49.3 Å². The van der Waals surface area contributed by atoms with E-state index in [9.17, 15) is 18.0 Å². The van der Waals surface area contributed by atoms with Gasteiger partial charge < -0.3 is 5.32 Å². The molecule has 1 amide bonds. The Morgan fingerprint density at radius 3 is 2.28 bits per heavy atom. The molecule has 0 saturated carbocycles. The first kappa shape index (κ1) is 19.4. The zero-order valence-electron chi connectivity index (χ0n) is 9.58. The zero-order valence-corrected chi connectivity index (χ0v) is 11.2. The maximum absolute atomic E-state index is 12.5. The Labute approximate surface area is 116 Å². The summed E-state index contributed by atoms with van der Waals surface area (Å²) in [7, 11) is 0. The molecule has 1 aromatic carbocycles. The number of amides is 1. The van der Waals surface area contributed by atoms with Crippen LogP contribution in [0.3, 0.4) is 0 Å². The molecule has 0 unspecified atom stereocenters. The zero-order chi connectivity index (χ0) is 12.2. The molecule has 0 spiro atoms. The van der Waals surface area contributed by atoms with Crippen molar-refractivity contribution in [3.8, 4) is 0 Å². The van der Waals surface area contributed by atoms with Gasteiger partial charge in [0.15, 0.2) is 0 Å². The van der Waals surface area contributed by atoms with Crippen molar-refractivity contribution >= 4 is 30.7 Å². The summed E-state index contributed by atoms with van der Waals surface area (Å²) in [5.74, 6) is -0.267. The second-order valence-corrected chi connectivity index (χ2v) is 3.29. The first-order valence-electron chi connectivity index (χ1n) is 4.87. The van der Waals surface area contributed by atoms with Crippen molar-refractivity contribution in [2.24, 2.45) is 0 Å². The Balaban J connectivity index is 0. The van der Waals surface area contributed by atoms with Gasteiger partial charge in [-0.2, -0.15) is 13.2 Å². The average Bonchev–Trinajstić information content (AvgIpc) is 2.25. The number of nitrogens with one attached hydrogen (secondary N) is 1. The van der Waals surface area contributed by atoms with Gasteiger partial charge in [0.25, 0.3) is 0 Å². The van der Waals surface area contributed by atoms with E-state index in [0.717, 1.165) is 6.07 Å². The summed E-state index contributed by atoms with van der Waals surface area (Å²) < 4.78 is 37.6. The van der Waals surface area contributed by atoms with E-state index >= 15 is 0 Å². The van der Waals surface area contributed by atoms with E-state index in [2.05, 4.69) is 5.32 Å². The molecule has 0 aromatic heterocycles. The molecule has 18 heavy (non-hydrogen) atoms. The van der Waals surface area contributed by atoms with Crippen LogP contribution in [0.15, 0.2) is 24.3 Å². The van der Waals surface area contributed by atoms with Gasteiger partial charge in [-0.1, -0.05) is 25.1 Å². The van der Waals surface area contributed by atoms with Crippen LogP contribution in [0.5, 0.6) is 0 Å². The third kappa shape index (κ3) is 5.60. The molecule has 1 rings (SSSR count). The summed E-state index contributed by atoms with van der Waals surface area (Å²) >= 11 is 0. The van der Waals surface area contributed by atoms with Crippen LogP contribution in [-0.2, 0) is 17.5 Å². The maximum atomic E-state index is 12.5. The second kappa shape index (κ2) is 8.21. The second-order valence-electron chi connectivity index (χ2n) is 3.29. The van der Waals surface area contributed by atoms with Crippen molar-refractivity contribution in [2.75, 3.05) is 0 Å². The van der Waals surface area contributed by atoms with E-state index in [1.54, 1.807) is 6.92 Å². The van der Waals surface area contributed by atoms with Gasteiger partial charge in [-0.3, -0.25) is 4.79 Å². The molecular formula is C11H14Cl2F3NO. The lowest BCUT2D eigenvalue weighted by molar-refractivity contribution is -0.138. The molecule has 0 fully saturated rings. The van der Waals surface area contributed by atoms with E-state index in [0.29, 0.717) is 0 Å². The normalized spacial score (nSPS) is 10.0. The van der Waals surface area contributed by atoms with Gasteiger partial charge in [0.1, 0.15) is 0 Å². The molecule has 0 aliphatic rings. The lowest BCUT2D eigenvalue weighted by atomic mass is 10.1. The first-order valence-corrected chi connectivity index (χ1v) is 4.87. The highest BCUT2D eigenvalue weighted by atomic mass is 35.5. The average molecular weight is 304 g/mol. The molecule has 0 bridgehead atoms. The Morgan fingerprint density at radius 1 is 1.22 bits per heavy atom. The summed E-state index contributed by atoms with van der Waals surface area (Å²) in [6, 6.07) is 5.21. The molecule has 0 saturated heterocycles. The van der Waals surface area contributed by atoms with Gasteiger partial charge >= 0.3 is 6.18 Å². The fourth-order valence-corrected chi connectivity index (χ4v) is 1.27. The number of hydrogen-bond donors (Lipinski definition) is 1. The number of alkyl halides is 3. The van der Waals surface area contributed by atoms with Crippen LogP contribution in [0.25, 0.3) is 0 Å². The van der Waals surface area contributed by atoms with Crippen LogP contribution in [0.1, 0.15) is 24.5 Å². The molecule has 0 aliphatic carbocycles. The summed E-state index contributed by atoms with van der Waals surface area (Å²) in [4.78, 5) is 11.0. The van der Waals surface area contributed by atoms with Crippen molar-refractivity contribution in [3.63, 3.8) is 0 Å². The third-order valence-corrected chi connectivity index (χ3v) is 2.12. The molecule has 1 N–H and O–H groups in total. The minimum absolute atomic E-state index is 0. The third-order valence-electron chi connectivity index (χ3n) is 2.12. The topological polar surface area (TPSA) is 29.1 Å². The highest BCUT2D eigenvalue weighted by molar-refractivity contribution is 5.85. The predicted molar refractivity (Wildman–Crippen MR) is 68.1 cm³/mol. The number of halogens is 5.